The van der Waals surface area contributed by atoms with Gasteiger partial charge in [-0.3, -0.25) is 9.59 Å². The zero-order valence-corrected chi connectivity index (χ0v) is 16.4. The summed E-state index contributed by atoms with van der Waals surface area (Å²) in [4.78, 5) is 20.9. The number of phenols is 2. The van der Waals surface area contributed by atoms with Crippen LogP contribution in [0.5, 0.6) is 11.5 Å². The van der Waals surface area contributed by atoms with E-state index in [0.717, 1.165) is 10.8 Å². The van der Waals surface area contributed by atoms with Crippen molar-refractivity contribution in [3.8, 4) is 11.5 Å². The van der Waals surface area contributed by atoms with Gasteiger partial charge < -0.3 is 10.2 Å². The molecule has 0 radical (unpaired) electrons. The fraction of sp³-hybridized carbons (Fsp3) is 0.300. The number of carbonyl (C=O) groups is 2. The number of hydrogen-bond donors (Lipinski definition) is 2. The third-order valence-corrected chi connectivity index (χ3v) is 5.87. The monoisotopic (exact) mass is 358 g/mol. The first kappa shape index (κ1) is 20.6. The Hall–Kier alpha value is -2.40. The van der Waals surface area contributed by atoms with E-state index in [2.05, 4.69) is 19.6 Å². The molecule has 0 fully saturated rings. The zero-order chi connectivity index (χ0) is 19.2. The minimum atomic E-state index is -1.53. The van der Waals surface area contributed by atoms with E-state index < -0.39 is 8.07 Å². The Morgan fingerprint density at radius 3 is 1.96 bits per heavy atom. The summed E-state index contributed by atoms with van der Waals surface area (Å²) in [5, 5.41) is 20.0. The highest BCUT2D eigenvalue weighted by Gasteiger charge is 2.21. The molecule has 0 bridgehead atoms. The molecule has 0 aliphatic rings. The van der Waals surface area contributed by atoms with Gasteiger partial charge in [0, 0.05) is 0 Å². The smallest absolute Gasteiger partial charge is 0.153 e. The van der Waals surface area contributed by atoms with Crippen molar-refractivity contribution < 1.29 is 19.8 Å². The van der Waals surface area contributed by atoms with E-state index >= 15 is 0 Å². The Balaban J connectivity index is 0.000000251. The van der Waals surface area contributed by atoms with Gasteiger partial charge in [0.15, 0.2) is 12.6 Å². The average Bonchev–Trinajstić information content (AvgIpc) is 2.54. The standard InChI is InChI=1S/C10H14O2Si.C10H12O2/c1-13(2,3)9-6-4-5-8(7-11)10(9)12;1-7(2)8-3-4-9(6-11)10(12)5-8/h4-7,12H,1-3H3;3-7,12H,1-2H3. The summed E-state index contributed by atoms with van der Waals surface area (Å²) >= 11 is 0. The van der Waals surface area contributed by atoms with Gasteiger partial charge in [-0.25, -0.2) is 0 Å². The molecule has 0 saturated heterocycles. The van der Waals surface area contributed by atoms with Crippen molar-refractivity contribution in [1.29, 1.82) is 0 Å². The summed E-state index contributed by atoms with van der Waals surface area (Å²) in [5.74, 6) is 0.601. The highest BCUT2D eigenvalue weighted by molar-refractivity contribution is 6.89. The molecule has 0 atom stereocenters. The molecule has 0 aromatic heterocycles. The van der Waals surface area contributed by atoms with Crippen molar-refractivity contribution in [2.24, 2.45) is 0 Å². The Kier molecular flexibility index (Phi) is 7.12. The van der Waals surface area contributed by atoms with Crippen LogP contribution in [-0.4, -0.2) is 30.9 Å². The third-order valence-electron chi connectivity index (χ3n) is 3.85. The second kappa shape index (κ2) is 8.62. The maximum Gasteiger partial charge on any atom is 0.153 e. The number of hydrogen-bond acceptors (Lipinski definition) is 4. The van der Waals surface area contributed by atoms with E-state index in [0.29, 0.717) is 29.6 Å². The maximum absolute atomic E-state index is 10.6. The van der Waals surface area contributed by atoms with Crippen molar-refractivity contribution in [3.63, 3.8) is 0 Å². The van der Waals surface area contributed by atoms with Gasteiger partial charge in [0.25, 0.3) is 0 Å². The van der Waals surface area contributed by atoms with Gasteiger partial charge >= 0.3 is 0 Å². The van der Waals surface area contributed by atoms with Gasteiger partial charge in [-0.05, 0) is 34.9 Å². The van der Waals surface area contributed by atoms with E-state index in [9.17, 15) is 19.8 Å². The van der Waals surface area contributed by atoms with E-state index in [4.69, 9.17) is 0 Å². The second-order valence-electron chi connectivity index (χ2n) is 7.20. The number of phenolic OH excluding ortho intramolecular Hbond substituents is 2. The van der Waals surface area contributed by atoms with Crippen molar-refractivity contribution in [2.75, 3.05) is 0 Å². The van der Waals surface area contributed by atoms with Crippen molar-refractivity contribution in [3.05, 3.63) is 53.1 Å². The van der Waals surface area contributed by atoms with Crippen LogP contribution in [-0.2, 0) is 0 Å². The lowest BCUT2D eigenvalue weighted by Gasteiger charge is -2.18. The van der Waals surface area contributed by atoms with Crippen molar-refractivity contribution in [1.82, 2.24) is 0 Å². The van der Waals surface area contributed by atoms with Crippen molar-refractivity contribution >= 4 is 25.8 Å². The predicted molar refractivity (Wildman–Crippen MR) is 104 cm³/mol. The molecule has 25 heavy (non-hydrogen) atoms. The summed E-state index contributed by atoms with van der Waals surface area (Å²) in [6.07, 6.45) is 1.35. The lowest BCUT2D eigenvalue weighted by Crippen LogP contribution is -2.37. The van der Waals surface area contributed by atoms with Gasteiger partial charge in [0.2, 0.25) is 0 Å². The fourth-order valence-electron chi connectivity index (χ4n) is 2.28. The molecular formula is C20H26O4Si. The van der Waals surface area contributed by atoms with E-state index in [1.165, 1.54) is 0 Å². The molecule has 0 spiro atoms. The highest BCUT2D eigenvalue weighted by atomic mass is 28.3. The third kappa shape index (κ3) is 5.57. The molecule has 2 N–H and O–H groups in total. The van der Waals surface area contributed by atoms with Crippen molar-refractivity contribution in [2.45, 2.75) is 39.4 Å². The minimum Gasteiger partial charge on any atom is -0.507 e. The van der Waals surface area contributed by atoms with Crippen LogP contribution in [0.2, 0.25) is 19.6 Å². The first-order valence-electron chi connectivity index (χ1n) is 8.17. The Bertz CT molecular complexity index is 746. The fourth-order valence-corrected chi connectivity index (χ4v) is 3.73. The molecule has 134 valence electrons. The van der Waals surface area contributed by atoms with Gasteiger partial charge in [0.1, 0.15) is 11.5 Å². The van der Waals surface area contributed by atoms with Gasteiger partial charge in [0.05, 0.1) is 19.2 Å². The summed E-state index contributed by atoms with van der Waals surface area (Å²) in [7, 11) is -1.53. The maximum atomic E-state index is 10.6. The molecule has 2 rings (SSSR count). The number of carbonyl (C=O) groups excluding carboxylic acids is 2. The van der Waals surface area contributed by atoms with Crippen LogP contribution in [0.15, 0.2) is 36.4 Å². The number of aldehydes is 2. The van der Waals surface area contributed by atoms with Gasteiger partial charge in [-0.15, -0.1) is 0 Å². The summed E-state index contributed by atoms with van der Waals surface area (Å²) in [6, 6.07) is 10.5. The number of aromatic hydroxyl groups is 2. The number of para-hydroxylation sites is 1. The molecule has 2 aromatic rings. The normalized spacial score (nSPS) is 10.8. The van der Waals surface area contributed by atoms with Crippen LogP contribution in [0.1, 0.15) is 46.0 Å². The van der Waals surface area contributed by atoms with Crippen LogP contribution in [0, 0.1) is 0 Å². The van der Waals surface area contributed by atoms with Gasteiger partial charge in [-0.1, -0.05) is 51.7 Å². The Morgan fingerprint density at radius 1 is 0.920 bits per heavy atom. The molecule has 0 amide bonds. The molecule has 5 heteroatoms. The predicted octanol–water partition coefficient (Wildman–Crippen LogP) is 4.08. The zero-order valence-electron chi connectivity index (χ0n) is 15.4. The van der Waals surface area contributed by atoms with E-state index in [1.54, 1.807) is 18.2 Å². The lowest BCUT2D eigenvalue weighted by atomic mass is 10.0. The molecular weight excluding hydrogens is 332 g/mol. The van der Waals surface area contributed by atoms with Crippen LogP contribution in [0.25, 0.3) is 0 Å². The van der Waals surface area contributed by atoms with E-state index in [-0.39, 0.29) is 11.5 Å². The summed E-state index contributed by atoms with van der Waals surface area (Å²) < 4.78 is 0. The lowest BCUT2D eigenvalue weighted by molar-refractivity contribution is 0.111. The van der Waals surface area contributed by atoms with Crippen LogP contribution >= 0.6 is 0 Å². The minimum absolute atomic E-state index is 0.0659. The first-order chi connectivity index (χ1) is 11.6. The second-order valence-corrected chi connectivity index (χ2v) is 12.2. The average molecular weight is 359 g/mol. The molecule has 2 aromatic carbocycles. The SMILES string of the molecule is CC(C)c1ccc(C=O)c(O)c1.C[Si](C)(C)c1cccc(C=O)c1O. The topological polar surface area (TPSA) is 74.6 Å². The highest BCUT2D eigenvalue weighted by Crippen LogP contribution is 2.22. The largest absolute Gasteiger partial charge is 0.507 e. The molecule has 4 nitrogen and oxygen atoms in total. The number of rotatable bonds is 4. The quantitative estimate of drug-likeness (QED) is 0.638. The molecule has 0 aliphatic heterocycles. The molecule has 0 unspecified atom stereocenters. The number of benzene rings is 2. The van der Waals surface area contributed by atoms with Crippen LogP contribution in [0.4, 0.5) is 0 Å². The molecule has 0 aliphatic carbocycles. The summed E-state index contributed by atoms with van der Waals surface area (Å²) in [6.45, 7) is 10.5. The van der Waals surface area contributed by atoms with E-state index in [1.807, 2.05) is 32.0 Å². The van der Waals surface area contributed by atoms with Crippen LogP contribution in [0.3, 0.4) is 0 Å². The van der Waals surface area contributed by atoms with Gasteiger partial charge in [-0.2, -0.15) is 0 Å². The molecule has 0 heterocycles. The summed E-state index contributed by atoms with van der Waals surface area (Å²) in [5.41, 5.74) is 1.78. The van der Waals surface area contributed by atoms with Crippen LogP contribution < -0.4 is 5.19 Å². The Morgan fingerprint density at radius 2 is 1.52 bits per heavy atom. The first-order valence-corrected chi connectivity index (χ1v) is 11.7. The molecule has 0 saturated carbocycles. The Labute approximate surface area is 150 Å².